The molecular weight excluding hydrogens is 1350 g/mol. The Hall–Kier alpha value is -11.4. The van der Waals surface area contributed by atoms with E-state index in [1.807, 2.05) is 55.0 Å². The minimum atomic E-state index is 0. The van der Waals surface area contributed by atoms with Gasteiger partial charge in [0, 0.05) is 40.8 Å². The number of rotatable bonds is 11. The summed E-state index contributed by atoms with van der Waals surface area (Å²) in [6.45, 7) is 13.4. The molecule has 97 heavy (non-hydrogen) atoms. The van der Waals surface area contributed by atoms with Gasteiger partial charge in [-0.2, -0.15) is 0 Å². The Morgan fingerprint density at radius 2 is 0.536 bits per heavy atom. The fourth-order valence-electron chi connectivity index (χ4n) is 12.2. The molecule has 0 N–H and O–H groups in total. The molecule has 14 aromatic rings. The van der Waals surface area contributed by atoms with Gasteiger partial charge < -0.3 is 15.0 Å². The summed E-state index contributed by atoms with van der Waals surface area (Å²) in [6.07, 6.45) is 5.96. The fourth-order valence-corrected chi connectivity index (χ4v) is 12.2. The molecular formula is C93H68IrN3. The van der Waals surface area contributed by atoms with Gasteiger partial charge in [0.25, 0.3) is 0 Å². The van der Waals surface area contributed by atoms with E-state index in [4.69, 9.17) is 15.0 Å². The second kappa shape index (κ2) is 28.3. The zero-order valence-corrected chi connectivity index (χ0v) is 57.4. The van der Waals surface area contributed by atoms with Crippen molar-refractivity contribution >= 4 is 0 Å². The van der Waals surface area contributed by atoms with Crippen LogP contribution in [0.2, 0.25) is 0 Å². The third-order valence-electron chi connectivity index (χ3n) is 17.7. The molecule has 0 saturated heterocycles. The van der Waals surface area contributed by atoms with Crippen LogP contribution in [0.3, 0.4) is 0 Å². The molecule has 0 radical (unpaired) electrons. The molecule has 3 nitrogen and oxygen atoms in total. The van der Waals surface area contributed by atoms with Crippen molar-refractivity contribution in [3.63, 3.8) is 0 Å². The van der Waals surface area contributed by atoms with Crippen LogP contribution in [-0.4, -0.2) is 15.0 Å². The van der Waals surface area contributed by atoms with Crippen molar-refractivity contribution in [1.29, 1.82) is 0 Å². The molecule has 14 rings (SSSR count). The van der Waals surface area contributed by atoms with E-state index in [0.717, 1.165) is 145 Å². The average molecular weight is 1420 g/mol. The number of aromatic nitrogens is 3. The first-order chi connectivity index (χ1) is 46.8. The van der Waals surface area contributed by atoms with Gasteiger partial charge in [0.2, 0.25) is 0 Å². The minimum Gasteiger partial charge on any atom is -0.304 e. The van der Waals surface area contributed by atoms with Crippen LogP contribution in [0.1, 0.15) is 74.9 Å². The van der Waals surface area contributed by atoms with E-state index in [9.17, 15) is 0 Å². The molecule has 3 heterocycles. The van der Waals surface area contributed by atoms with Gasteiger partial charge in [-0.1, -0.05) is 223 Å². The number of benzene rings is 11. The summed E-state index contributed by atoms with van der Waals surface area (Å²) in [6, 6.07) is 111. The third-order valence-corrected chi connectivity index (χ3v) is 17.7. The summed E-state index contributed by atoms with van der Waals surface area (Å²) >= 11 is 0. The molecule has 0 spiro atoms. The van der Waals surface area contributed by atoms with Crippen molar-refractivity contribution in [3.8, 4) is 146 Å². The zero-order chi connectivity index (χ0) is 65.6. The van der Waals surface area contributed by atoms with Crippen molar-refractivity contribution in [2.75, 3.05) is 0 Å². The summed E-state index contributed by atoms with van der Waals surface area (Å²) in [5.41, 5.74) is 29.2. The van der Waals surface area contributed by atoms with E-state index in [-0.39, 0.29) is 30.9 Å². The van der Waals surface area contributed by atoms with Crippen molar-refractivity contribution in [1.82, 2.24) is 15.0 Å². The Bertz CT molecular complexity index is 4960. The molecule has 0 unspecified atom stereocenters. The smallest absolute Gasteiger partial charge is 0.304 e. The van der Waals surface area contributed by atoms with Gasteiger partial charge in [-0.05, 0) is 184 Å². The minimum absolute atomic E-state index is 0. The predicted octanol–water partition coefficient (Wildman–Crippen LogP) is 23.0. The molecule has 0 fully saturated rings. The average Bonchev–Trinajstić information content (AvgIpc) is 0.780. The maximum absolute atomic E-state index is 5.12. The van der Waals surface area contributed by atoms with Gasteiger partial charge >= 0.3 is 20.1 Å². The third kappa shape index (κ3) is 14.8. The summed E-state index contributed by atoms with van der Waals surface area (Å²) in [5.74, 6) is 13.4. The van der Waals surface area contributed by atoms with Crippen LogP contribution < -0.4 is 0 Å². The van der Waals surface area contributed by atoms with E-state index in [1.165, 1.54) is 11.1 Å². The fraction of sp³-hybridized carbons (Fsp3) is 0.0860. The SMILES string of the molecule is CC(C)(C)c1ccc(C#Cc2ccc(-c3cc[c-]c(-c4ccc(-c5ccccc5-c5cc(-c6ccccc6-c6ccc(-c7[c-]cccc7)nc6)cc(-c6ccccc6-c6ccc(-c7[c-]ccc(-c8ccc(C#Cc9ccc(C(C)(C)C)cc9)cc8)c7)nc6)c5)cn4)c3)cc2)cc1.[Ir+3]. The van der Waals surface area contributed by atoms with Crippen molar-refractivity contribution in [2.45, 2.75) is 52.4 Å². The molecule has 3 aromatic heterocycles. The van der Waals surface area contributed by atoms with E-state index in [0.29, 0.717) is 0 Å². The molecule has 0 aliphatic heterocycles. The van der Waals surface area contributed by atoms with Gasteiger partial charge in [-0.3, -0.25) is 0 Å². The maximum atomic E-state index is 5.12. The molecule has 11 aromatic carbocycles. The molecule has 0 saturated carbocycles. The Morgan fingerprint density at radius 1 is 0.247 bits per heavy atom. The van der Waals surface area contributed by atoms with Crippen LogP contribution >= 0.6 is 0 Å². The summed E-state index contributed by atoms with van der Waals surface area (Å²) in [4.78, 5) is 15.2. The molecule has 0 aliphatic carbocycles. The Kier molecular flexibility index (Phi) is 18.8. The Morgan fingerprint density at radius 3 is 0.835 bits per heavy atom. The Labute approximate surface area is 585 Å². The van der Waals surface area contributed by atoms with Gasteiger partial charge in [0.1, 0.15) is 0 Å². The molecule has 0 atom stereocenters. The second-order valence-corrected chi connectivity index (χ2v) is 26.3. The van der Waals surface area contributed by atoms with E-state index < -0.39 is 0 Å². The van der Waals surface area contributed by atoms with Crippen molar-refractivity contribution in [3.05, 3.63) is 355 Å². The number of hydrogen-bond acceptors (Lipinski definition) is 3. The standard InChI is InChI=1S/C93H68N3.Ir/c1-92(2,3)81-49-38-66(39-50-81)32-30-64-34-42-68(43-35-64)71-20-16-22-73(56-71)90-54-47-76(62-95-90)84-25-11-14-28-87(84)79-58-78(86-27-13-10-24-83(86)75-46-53-89(94-61-75)70-18-8-7-9-19-70)59-80(60-79)88-29-15-12-26-85(88)77-48-55-91(96-63-77)74-23-17-21-72(57-74)69-44-36-65(37-45-69)31-33-67-40-51-82(52-41-67)93(4,5)6;/h7-18,20-21,24-29,34-63H,1-6H3;/q-3;+3. The maximum Gasteiger partial charge on any atom is 3.00 e. The van der Waals surface area contributed by atoms with E-state index in [2.05, 4.69) is 332 Å². The van der Waals surface area contributed by atoms with Crippen LogP contribution in [0.4, 0.5) is 0 Å². The second-order valence-electron chi connectivity index (χ2n) is 26.3. The van der Waals surface area contributed by atoms with Crippen LogP contribution in [0.15, 0.2) is 304 Å². The molecule has 4 heteroatoms. The number of nitrogens with zero attached hydrogens (tertiary/aromatic N) is 3. The van der Waals surface area contributed by atoms with E-state index >= 15 is 0 Å². The first-order valence-corrected chi connectivity index (χ1v) is 32.6. The quantitative estimate of drug-likeness (QED) is 0.0957. The first-order valence-electron chi connectivity index (χ1n) is 32.6. The summed E-state index contributed by atoms with van der Waals surface area (Å²) < 4.78 is 0. The summed E-state index contributed by atoms with van der Waals surface area (Å²) in [5, 5.41) is 0. The number of pyridine rings is 3. The molecule has 0 amide bonds. The first kappa shape index (κ1) is 64.4. The van der Waals surface area contributed by atoms with Crippen LogP contribution in [-0.2, 0) is 30.9 Å². The summed E-state index contributed by atoms with van der Waals surface area (Å²) in [7, 11) is 0. The van der Waals surface area contributed by atoms with Crippen molar-refractivity contribution in [2.24, 2.45) is 0 Å². The molecule has 0 aliphatic rings. The van der Waals surface area contributed by atoms with E-state index in [1.54, 1.807) is 0 Å². The molecule has 0 bridgehead atoms. The normalized spacial score (nSPS) is 11.2. The van der Waals surface area contributed by atoms with Gasteiger partial charge in [0.15, 0.2) is 0 Å². The molecule has 464 valence electrons. The monoisotopic (exact) mass is 1420 g/mol. The van der Waals surface area contributed by atoms with Crippen LogP contribution in [0.5, 0.6) is 0 Å². The Balaban J connectivity index is 0.00000849. The van der Waals surface area contributed by atoms with Crippen molar-refractivity contribution < 1.29 is 20.1 Å². The predicted molar refractivity (Wildman–Crippen MR) is 398 cm³/mol. The van der Waals surface area contributed by atoms with Gasteiger partial charge in [-0.15, -0.1) is 107 Å². The van der Waals surface area contributed by atoms with Crippen LogP contribution in [0, 0.1) is 41.9 Å². The zero-order valence-electron chi connectivity index (χ0n) is 55.0. The topological polar surface area (TPSA) is 38.7 Å². The van der Waals surface area contributed by atoms with Crippen LogP contribution in [0.25, 0.3) is 123 Å². The largest absolute Gasteiger partial charge is 3.00 e. The van der Waals surface area contributed by atoms with Gasteiger partial charge in [0.05, 0.1) is 0 Å². The number of hydrogen-bond donors (Lipinski definition) is 0. The van der Waals surface area contributed by atoms with Gasteiger partial charge in [-0.25, -0.2) is 0 Å².